The van der Waals surface area contributed by atoms with Crippen molar-refractivity contribution in [2.75, 3.05) is 0 Å². The fourth-order valence-corrected chi connectivity index (χ4v) is 5.91. The van der Waals surface area contributed by atoms with E-state index in [1.165, 1.54) is 42.5 Å². The van der Waals surface area contributed by atoms with Crippen LogP contribution in [0.5, 0.6) is 0 Å². The van der Waals surface area contributed by atoms with E-state index in [4.69, 9.17) is 21.6 Å². The molecular weight excluding hydrogens is 564 g/mol. The molecule has 13 heteroatoms. The monoisotopic (exact) mass is 598 g/mol. The predicted octanol–water partition coefficient (Wildman–Crippen LogP) is 2.02. The van der Waals surface area contributed by atoms with Gasteiger partial charge in [-0.1, -0.05) is 54.6 Å². The lowest BCUT2D eigenvalue weighted by molar-refractivity contribution is -0.162. The van der Waals surface area contributed by atoms with Gasteiger partial charge in [0.25, 0.3) is 5.91 Å². The van der Waals surface area contributed by atoms with Crippen LogP contribution in [-0.4, -0.2) is 64.9 Å². The lowest BCUT2D eigenvalue weighted by atomic mass is 10.0. The molecule has 0 spiro atoms. The second-order valence-corrected chi connectivity index (χ2v) is 13.0. The van der Waals surface area contributed by atoms with Crippen LogP contribution >= 0.6 is 0 Å². The molecule has 0 aliphatic carbocycles. The first-order valence-corrected chi connectivity index (χ1v) is 14.3. The zero-order valence-electron chi connectivity index (χ0n) is 23.3. The van der Waals surface area contributed by atoms with Crippen molar-refractivity contribution < 1.29 is 37.8 Å². The summed E-state index contributed by atoms with van der Waals surface area (Å²) in [5.41, 5.74) is 11.6. The number of nitrogens with one attached hydrogen (secondary N) is 2. The number of sulfone groups is 1. The van der Waals surface area contributed by atoms with Crippen molar-refractivity contribution in [3.05, 3.63) is 77.9 Å². The summed E-state index contributed by atoms with van der Waals surface area (Å²) in [5, 5.41) is 30.7. The molecule has 0 aromatic heterocycles. The second-order valence-electron chi connectivity index (χ2n) is 10.8. The van der Waals surface area contributed by atoms with Gasteiger partial charge < -0.3 is 31.7 Å². The molecule has 3 aromatic rings. The topological polar surface area (TPSA) is 223 Å². The van der Waals surface area contributed by atoms with E-state index in [1.807, 2.05) is 0 Å². The smallest absolute Gasteiger partial charge is 0.332 e. The molecule has 1 amide bonds. The molecule has 224 valence electrons. The van der Waals surface area contributed by atoms with Crippen LogP contribution in [0.2, 0.25) is 0 Å². The van der Waals surface area contributed by atoms with E-state index in [2.05, 4.69) is 5.32 Å². The minimum atomic E-state index is -4.84. The minimum absolute atomic E-state index is 0.193. The number of amides is 1. The summed E-state index contributed by atoms with van der Waals surface area (Å²) in [6.45, 7) is 4.66. The molecule has 0 saturated carbocycles. The van der Waals surface area contributed by atoms with E-state index in [0.29, 0.717) is 21.9 Å². The lowest BCUT2D eigenvalue weighted by Crippen LogP contribution is -2.64. The van der Waals surface area contributed by atoms with Crippen molar-refractivity contribution in [1.82, 2.24) is 5.32 Å². The summed E-state index contributed by atoms with van der Waals surface area (Å²) in [6, 6.07) is 15.3. The van der Waals surface area contributed by atoms with Crippen LogP contribution < -0.4 is 16.8 Å². The van der Waals surface area contributed by atoms with Gasteiger partial charge in [0.2, 0.25) is 14.7 Å². The molecule has 0 aliphatic heterocycles. The Morgan fingerprint density at radius 2 is 1.55 bits per heavy atom. The molecule has 3 aromatic carbocycles. The Kier molecular flexibility index (Phi) is 9.40. The van der Waals surface area contributed by atoms with Gasteiger partial charge in [0.05, 0.1) is 10.5 Å². The molecule has 3 atom stereocenters. The van der Waals surface area contributed by atoms with Crippen LogP contribution in [0.3, 0.4) is 0 Å². The molecule has 8 N–H and O–H groups in total. The third-order valence-electron chi connectivity index (χ3n) is 6.46. The van der Waals surface area contributed by atoms with E-state index in [9.17, 15) is 33.0 Å². The summed E-state index contributed by atoms with van der Waals surface area (Å²) in [4.78, 5) is 34.7. The molecule has 3 rings (SSSR count). The number of amidine groups is 1. The number of benzene rings is 3. The number of ether oxygens (including phenoxy) is 1. The maximum Gasteiger partial charge on any atom is 0.332 e. The van der Waals surface area contributed by atoms with Gasteiger partial charge in [0.1, 0.15) is 11.9 Å². The standard InChI is InChI=1S/C29H34N4O8S/c1-28(2,3)41-23(26(36)37)16-29(32,42(39,40)21-13-12-18-6-4-5-7-20(18)15-21)27(38)33-22(25(34)35)14-17-8-10-19(11-9-17)24(30)31/h4-13,15,22-23H,14,16,32H2,1-3H3,(H3,30,31)(H,33,38)(H,34,35)(H,36,37)/t22-,23?,29+/m0/s1. The number of carboxylic acid groups (broad SMARTS) is 2. The Labute approximate surface area is 243 Å². The van der Waals surface area contributed by atoms with Gasteiger partial charge in [-0.3, -0.25) is 10.2 Å². The number of nitrogen functional groups attached to an aromatic ring is 1. The molecule has 0 aliphatic rings. The summed E-state index contributed by atoms with van der Waals surface area (Å²) in [7, 11) is -4.84. The van der Waals surface area contributed by atoms with Crippen molar-refractivity contribution in [2.24, 2.45) is 11.5 Å². The maximum absolute atomic E-state index is 14.1. The molecule has 0 bridgehead atoms. The second kappa shape index (κ2) is 12.3. The molecule has 0 fully saturated rings. The van der Waals surface area contributed by atoms with Crippen LogP contribution in [0.25, 0.3) is 10.8 Å². The predicted molar refractivity (Wildman–Crippen MR) is 156 cm³/mol. The van der Waals surface area contributed by atoms with Crippen LogP contribution in [0.1, 0.15) is 38.3 Å². The first-order valence-electron chi connectivity index (χ1n) is 12.8. The van der Waals surface area contributed by atoms with Gasteiger partial charge in [0, 0.05) is 18.4 Å². The van der Waals surface area contributed by atoms with Gasteiger partial charge in [-0.15, -0.1) is 0 Å². The van der Waals surface area contributed by atoms with E-state index in [0.717, 1.165) is 0 Å². The average molecular weight is 599 g/mol. The van der Waals surface area contributed by atoms with Gasteiger partial charge in [-0.2, -0.15) is 0 Å². The molecule has 42 heavy (non-hydrogen) atoms. The Morgan fingerprint density at radius 3 is 2.07 bits per heavy atom. The summed E-state index contributed by atoms with van der Waals surface area (Å²) in [6.07, 6.45) is -3.12. The van der Waals surface area contributed by atoms with E-state index in [1.54, 1.807) is 45.0 Å². The normalized spacial score (nSPS) is 14.9. The molecular formula is C29H34N4O8S. The van der Waals surface area contributed by atoms with Crippen molar-refractivity contribution in [3.63, 3.8) is 0 Å². The van der Waals surface area contributed by atoms with E-state index in [-0.39, 0.29) is 17.2 Å². The Balaban J connectivity index is 2.06. The van der Waals surface area contributed by atoms with Gasteiger partial charge >= 0.3 is 11.9 Å². The Morgan fingerprint density at radius 1 is 0.952 bits per heavy atom. The Hall–Kier alpha value is -4.33. The van der Waals surface area contributed by atoms with Crippen molar-refractivity contribution in [3.8, 4) is 0 Å². The first-order chi connectivity index (χ1) is 19.4. The van der Waals surface area contributed by atoms with Crippen molar-refractivity contribution in [1.29, 1.82) is 5.41 Å². The highest BCUT2D eigenvalue weighted by atomic mass is 32.2. The zero-order chi connectivity index (χ0) is 31.5. The largest absolute Gasteiger partial charge is 0.480 e. The van der Waals surface area contributed by atoms with Gasteiger partial charge in [0.15, 0.2) is 6.10 Å². The summed E-state index contributed by atoms with van der Waals surface area (Å²) >= 11 is 0. The summed E-state index contributed by atoms with van der Waals surface area (Å²) in [5.74, 6) is -4.64. The number of carboxylic acids is 2. The molecule has 1 unspecified atom stereocenters. The van der Waals surface area contributed by atoms with Crippen LogP contribution in [0.4, 0.5) is 0 Å². The number of rotatable bonds is 12. The van der Waals surface area contributed by atoms with Gasteiger partial charge in [-0.25, -0.2) is 18.0 Å². The maximum atomic E-state index is 14.1. The average Bonchev–Trinajstić information content (AvgIpc) is 2.91. The minimum Gasteiger partial charge on any atom is -0.480 e. The molecule has 12 nitrogen and oxygen atoms in total. The number of nitrogens with two attached hydrogens (primary N) is 2. The van der Waals surface area contributed by atoms with E-state index >= 15 is 0 Å². The number of hydrogen-bond donors (Lipinski definition) is 6. The first kappa shape index (κ1) is 32.2. The number of aliphatic carboxylic acids is 2. The van der Waals surface area contributed by atoms with Crippen molar-refractivity contribution >= 4 is 44.3 Å². The fourth-order valence-electron chi connectivity index (χ4n) is 4.29. The van der Waals surface area contributed by atoms with Gasteiger partial charge in [-0.05, 0) is 49.2 Å². The number of fused-ring (bicyclic) bond motifs is 1. The number of hydrogen-bond acceptors (Lipinski definition) is 8. The highest BCUT2D eigenvalue weighted by molar-refractivity contribution is 7.93. The molecule has 0 radical (unpaired) electrons. The summed E-state index contributed by atoms with van der Waals surface area (Å²) < 4.78 is 33.7. The van der Waals surface area contributed by atoms with Crippen molar-refractivity contribution in [2.45, 2.75) is 61.1 Å². The third kappa shape index (κ3) is 7.29. The SMILES string of the molecule is CC(C)(C)OC(C[C@](N)(C(=O)N[C@@H](Cc1ccc(C(=N)N)cc1)C(=O)O)S(=O)(=O)c1ccc2ccccc2c1)C(=O)O. The quantitative estimate of drug-likeness (QED) is 0.131. The zero-order valence-corrected chi connectivity index (χ0v) is 24.1. The van der Waals surface area contributed by atoms with Crippen LogP contribution in [-0.2, 0) is 35.4 Å². The highest BCUT2D eigenvalue weighted by Crippen LogP contribution is 2.31. The fraction of sp³-hybridized carbons (Fsp3) is 0.310. The lowest BCUT2D eigenvalue weighted by Gasteiger charge is -2.33. The van der Waals surface area contributed by atoms with E-state index < -0.39 is 56.7 Å². The van der Waals surface area contributed by atoms with Crippen LogP contribution in [0.15, 0.2) is 71.6 Å². The molecule has 0 saturated heterocycles. The highest BCUT2D eigenvalue weighted by Gasteiger charge is 2.52. The number of carbonyl (C=O) groups is 3. The van der Waals surface area contributed by atoms with Crippen LogP contribution in [0, 0.1) is 5.41 Å². The third-order valence-corrected chi connectivity index (χ3v) is 8.65. The Bertz CT molecular complexity index is 1620. The molecule has 0 heterocycles. The number of carbonyl (C=O) groups excluding carboxylic acids is 1.